The van der Waals surface area contributed by atoms with Crippen LogP contribution in [0.4, 0.5) is 4.79 Å². The Hall–Kier alpha value is -3.60. The molecule has 0 amide bonds. The standard InChI is InChI=1S/C31H39N3O7/c1-30(2,3)41-29(36)34-22(19-40-27-8-6-7-13-39-27)15-21-10-9-20(14-26(21)34)18-33-12-11-23-24(28(35)38-5)16-32-17-25(23)31(33,4)37/h9-12,14-16,27,32,37H,6-8,13,17-19H2,1-5H3. The van der Waals surface area contributed by atoms with Crippen LogP contribution in [0.5, 0.6) is 0 Å². The van der Waals surface area contributed by atoms with E-state index in [1.165, 1.54) is 7.11 Å². The number of hydrogen-bond donors (Lipinski definition) is 2. The van der Waals surface area contributed by atoms with Crippen LogP contribution in [0.25, 0.3) is 10.9 Å². The molecule has 5 rings (SSSR count). The van der Waals surface area contributed by atoms with E-state index in [0.717, 1.165) is 30.2 Å². The van der Waals surface area contributed by atoms with Gasteiger partial charge in [-0.15, -0.1) is 0 Å². The number of fused-ring (bicyclic) bond motifs is 1. The molecule has 1 aromatic carbocycles. The molecule has 1 fully saturated rings. The molecule has 2 N–H and O–H groups in total. The van der Waals surface area contributed by atoms with Crippen molar-refractivity contribution in [1.82, 2.24) is 14.8 Å². The molecule has 0 aliphatic carbocycles. The Labute approximate surface area is 240 Å². The molecule has 220 valence electrons. The summed E-state index contributed by atoms with van der Waals surface area (Å²) in [6, 6.07) is 7.81. The highest BCUT2D eigenvalue weighted by atomic mass is 16.7. The lowest BCUT2D eigenvalue weighted by Gasteiger charge is -2.43. The number of aliphatic hydroxyl groups is 1. The summed E-state index contributed by atoms with van der Waals surface area (Å²) in [5, 5.41) is 15.6. The molecule has 10 heteroatoms. The van der Waals surface area contributed by atoms with Crippen molar-refractivity contribution in [1.29, 1.82) is 0 Å². The number of nitrogens with one attached hydrogen (secondary N) is 1. The number of nitrogens with zero attached hydrogens (tertiary/aromatic N) is 2. The third-order valence-corrected chi connectivity index (χ3v) is 7.53. The molecule has 41 heavy (non-hydrogen) atoms. The summed E-state index contributed by atoms with van der Waals surface area (Å²) < 4.78 is 24.0. The quantitative estimate of drug-likeness (QED) is 0.490. The fourth-order valence-electron chi connectivity index (χ4n) is 5.42. The van der Waals surface area contributed by atoms with Gasteiger partial charge < -0.3 is 34.3 Å². The Morgan fingerprint density at radius 2 is 2.02 bits per heavy atom. The van der Waals surface area contributed by atoms with Gasteiger partial charge in [0.15, 0.2) is 12.0 Å². The Morgan fingerprint density at radius 1 is 1.22 bits per heavy atom. The highest BCUT2D eigenvalue weighted by Crippen LogP contribution is 2.36. The van der Waals surface area contributed by atoms with E-state index < -0.39 is 23.4 Å². The van der Waals surface area contributed by atoms with Crippen molar-refractivity contribution in [2.45, 2.75) is 77.7 Å². The lowest BCUT2D eigenvalue weighted by molar-refractivity contribution is -0.169. The van der Waals surface area contributed by atoms with Crippen molar-refractivity contribution in [3.8, 4) is 0 Å². The van der Waals surface area contributed by atoms with E-state index in [-0.39, 0.29) is 12.9 Å². The molecule has 0 bridgehead atoms. The van der Waals surface area contributed by atoms with Crippen molar-refractivity contribution in [3.05, 3.63) is 70.7 Å². The SMILES string of the molecule is COC(=O)C1=CNCC2=C1C=CN(Cc1ccc3cc(COC4CCCCO4)n(C(=O)OC(C)(C)C)c3c1)C2(C)O. The van der Waals surface area contributed by atoms with Gasteiger partial charge >= 0.3 is 12.1 Å². The zero-order chi connectivity index (χ0) is 29.4. The number of hydrogen-bond acceptors (Lipinski definition) is 9. The van der Waals surface area contributed by atoms with E-state index >= 15 is 0 Å². The molecule has 0 radical (unpaired) electrons. The van der Waals surface area contributed by atoms with Gasteiger partial charge in [0.1, 0.15) is 5.60 Å². The van der Waals surface area contributed by atoms with Gasteiger partial charge in [0.25, 0.3) is 0 Å². The van der Waals surface area contributed by atoms with E-state index in [2.05, 4.69) is 5.32 Å². The van der Waals surface area contributed by atoms with Crippen LogP contribution in [0, 0.1) is 0 Å². The van der Waals surface area contributed by atoms with Gasteiger partial charge in [-0.3, -0.25) is 0 Å². The molecule has 2 unspecified atom stereocenters. The topological polar surface area (TPSA) is 111 Å². The Kier molecular flexibility index (Phi) is 8.00. The Balaban J connectivity index is 1.44. The van der Waals surface area contributed by atoms with Crippen LogP contribution in [0.1, 0.15) is 58.2 Å². The first-order valence-electron chi connectivity index (χ1n) is 14.0. The largest absolute Gasteiger partial charge is 0.465 e. The zero-order valence-electron chi connectivity index (χ0n) is 24.4. The second-order valence-corrected chi connectivity index (χ2v) is 11.7. The van der Waals surface area contributed by atoms with Crippen molar-refractivity contribution < 1.29 is 33.6 Å². The average Bonchev–Trinajstić information content (AvgIpc) is 3.30. The van der Waals surface area contributed by atoms with Crippen molar-refractivity contribution in [3.63, 3.8) is 0 Å². The third-order valence-electron chi connectivity index (χ3n) is 7.53. The normalized spacial score (nSPS) is 22.7. The van der Waals surface area contributed by atoms with Crippen LogP contribution >= 0.6 is 0 Å². The van der Waals surface area contributed by atoms with Gasteiger partial charge in [0, 0.05) is 43.1 Å². The zero-order valence-corrected chi connectivity index (χ0v) is 24.4. The van der Waals surface area contributed by atoms with Crippen molar-refractivity contribution in [2.24, 2.45) is 0 Å². The number of carbonyl (C=O) groups excluding carboxylic acids is 2. The molecule has 3 aliphatic rings. The minimum atomic E-state index is -1.37. The van der Waals surface area contributed by atoms with Gasteiger partial charge in [0.05, 0.1) is 30.5 Å². The molecule has 1 aromatic heterocycles. The highest BCUT2D eigenvalue weighted by Gasteiger charge is 2.39. The molecular weight excluding hydrogens is 526 g/mol. The molecule has 3 aliphatic heterocycles. The molecule has 2 aromatic rings. The predicted octanol–water partition coefficient (Wildman–Crippen LogP) is 4.46. The van der Waals surface area contributed by atoms with Crippen LogP contribution in [-0.4, -0.2) is 64.5 Å². The Morgan fingerprint density at radius 3 is 2.73 bits per heavy atom. The van der Waals surface area contributed by atoms with Crippen LogP contribution in [0.2, 0.25) is 0 Å². The number of methoxy groups -OCH3 is 1. The monoisotopic (exact) mass is 565 g/mol. The number of aromatic nitrogens is 1. The first-order valence-corrected chi connectivity index (χ1v) is 14.0. The van der Waals surface area contributed by atoms with Crippen molar-refractivity contribution >= 4 is 23.0 Å². The van der Waals surface area contributed by atoms with Gasteiger partial charge in [-0.2, -0.15) is 0 Å². The number of rotatable bonds is 6. The number of esters is 1. The lowest BCUT2D eigenvalue weighted by atomic mass is 9.87. The number of allylic oxidation sites excluding steroid dienone is 1. The molecule has 1 saturated heterocycles. The number of carbonyl (C=O) groups is 2. The molecule has 10 nitrogen and oxygen atoms in total. The third kappa shape index (κ3) is 6.05. The summed E-state index contributed by atoms with van der Waals surface area (Å²) >= 11 is 0. The molecule has 0 spiro atoms. The summed E-state index contributed by atoms with van der Waals surface area (Å²) in [4.78, 5) is 27.5. The average molecular weight is 566 g/mol. The fourth-order valence-corrected chi connectivity index (χ4v) is 5.42. The van der Waals surface area contributed by atoms with E-state index in [1.807, 2.05) is 51.1 Å². The van der Waals surface area contributed by atoms with Gasteiger partial charge in [-0.25, -0.2) is 14.2 Å². The van der Waals surface area contributed by atoms with E-state index in [4.69, 9.17) is 18.9 Å². The first-order chi connectivity index (χ1) is 19.5. The maximum atomic E-state index is 13.4. The fraction of sp³-hybridized carbons (Fsp3) is 0.484. The van der Waals surface area contributed by atoms with E-state index in [0.29, 0.717) is 47.6 Å². The number of benzene rings is 1. The maximum Gasteiger partial charge on any atom is 0.419 e. The van der Waals surface area contributed by atoms with Crippen LogP contribution < -0.4 is 5.32 Å². The van der Waals surface area contributed by atoms with Gasteiger partial charge in [-0.1, -0.05) is 12.1 Å². The van der Waals surface area contributed by atoms with E-state index in [1.54, 1.807) is 28.8 Å². The summed E-state index contributed by atoms with van der Waals surface area (Å²) in [5.41, 5.74) is 1.89. The summed E-state index contributed by atoms with van der Waals surface area (Å²) in [7, 11) is 1.33. The second kappa shape index (κ2) is 11.3. The second-order valence-electron chi connectivity index (χ2n) is 11.7. The minimum Gasteiger partial charge on any atom is -0.465 e. The molecular formula is C31H39N3O7. The summed E-state index contributed by atoms with van der Waals surface area (Å²) in [6.07, 6.45) is 7.34. The first kappa shape index (κ1) is 28.9. The molecule has 2 atom stereocenters. The van der Waals surface area contributed by atoms with Crippen LogP contribution in [0.15, 0.2) is 59.5 Å². The van der Waals surface area contributed by atoms with Gasteiger partial charge in [-0.05, 0) is 76.3 Å². The highest BCUT2D eigenvalue weighted by molar-refractivity contribution is 5.95. The summed E-state index contributed by atoms with van der Waals surface area (Å²) in [5.74, 6) is -0.471. The minimum absolute atomic E-state index is 0.206. The van der Waals surface area contributed by atoms with Crippen LogP contribution in [-0.2, 0) is 36.9 Å². The van der Waals surface area contributed by atoms with Crippen LogP contribution in [0.3, 0.4) is 0 Å². The molecule has 0 saturated carbocycles. The predicted molar refractivity (Wildman–Crippen MR) is 152 cm³/mol. The Bertz CT molecular complexity index is 1420. The maximum absolute atomic E-state index is 13.4. The number of ether oxygens (including phenoxy) is 4. The lowest BCUT2D eigenvalue weighted by Crippen LogP contribution is -2.49. The number of dihydropyridines is 1. The van der Waals surface area contributed by atoms with Gasteiger partial charge in [0.2, 0.25) is 0 Å². The van der Waals surface area contributed by atoms with Crippen molar-refractivity contribution in [2.75, 3.05) is 20.3 Å². The summed E-state index contributed by atoms with van der Waals surface area (Å²) in [6.45, 7) is 8.84. The van der Waals surface area contributed by atoms with E-state index in [9.17, 15) is 14.7 Å². The molecule has 4 heterocycles. The smallest absolute Gasteiger partial charge is 0.419 e.